The summed E-state index contributed by atoms with van der Waals surface area (Å²) in [6.45, 7) is 1.88. The summed E-state index contributed by atoms with van der Waals surface area (Å²) in [7, 11) is 0. The van der Waals surface area contributed by atoms with Crippen molar-refractivity contribution in [2.75, 3.05) is 5.73 Å². The van der Waals surface area contributed by atoms with E-state index < -0.39 is 0 Å². The lowest BCUT2D eigenvalue weighted by molar-refractivity contribution is 0.465. The summed E-state index contributed by atoms with van der Waals surface area (Å²) in [5, 5.41) is 9.05. The molecule has 2 aromatic rings. The zero-order chi connectivity index (χ0) is 13.1. The van der Waals surface area contributed by atoms with Crippen molar-refractivity contribution < 1.29 is 4.74 Å². The van der Waals surface area contributed by atoms with Crippen LogP contribution in [-0.4, -0.2) is 4.98 Å². The molecule has 90 valence electrons. The van der Waals surface area contributed by atoms with Gasteiger partial charge in [-0.25, -0.2) is 4.98 Å². The fourth-order valence-electron chi connectivity index (χ4n) is 1.43. The number of nitriles is 1. The molecule has 2 rings (SSSR count). The van der Waals surface area contributed by atoms with Gasteiger partial charge in [-0.15, -0.1) is 0 Å². The first-order chi connectivity index (χ1) is 8.63. The number of aromatic nitrogens is 1. The molecule has 5 heteroatoms. The minimum Gasteiger partial charge on any atom is -0.435 e. The molecule has 0 bridgehead atoms. The average Bonchev–Trinajstić information content (AvgIpc) is 2.37. The summed E-state index contributed by atoms with van der Waals surface area (Å²) < 4.78 is 5.54. The number of hydrogen-bond donors (Lipinski definition) is 1. The van der Waals surface area contributed by atoms with E-state index >= 15 is 0 Å². The SMILES string of the molecule is Cc1cccc(Oc2nccc(C#N)c2Cl)c1N. The molecular weight excluding hydrogens is 250 g/mol. The first-order valence-electron chi connectivity index (χ1n) is 5.21. The van der Waals surface area contributed by atoms with Gasteiger partial charge in [-0.1, -0.05) is 23.7 Å². The number of hydrogen-bond acceptors (Lipinski definition) is 4. The van der Waals surface area contributed by atoms with Crippen molar-refractivity contribution in [3.8, 4) is 17.7 Å². The monoisotopic (exact) mass is 259 g/mol. The molecule has 0 fully saturated rings. The minimum atomic E-state index is 0.174. The molecule has 0 spiro atoms. The van der Waals surface area contributed by atoms with E-state index in [1.807, 2.05) is 25.1 Å². The van der Waals surface area contributed by atoms with Gasteiger partial charge in [-0.2, -0.15) is 5.26 Å². The normalized spacial score (nSPS) is 9.83. The molecule has 0 atom stereocenters. The van der Waals surface area contributed by atoms with Crippen molar-refractivity contribution in [2.45, 2.75) is 6.92 Å². The smallest absolute Gasteiger partial charge is 0.239 e. The van der Waals surface area contributed by atoms with Crippen molar-refractivity contribution in [2.24, 2.45) is 0 Å². The summed E-state index contributed by atoms with van der Waals surface area (Å²) in [6.07, 6.45) is 1.46. The molecule has 0 unspecified atom stereocenters. The van der Waals surface area contributed by atoms with Crippen LogP contribution in [0.2, 0.25) is 5.02 Å². The second kappa shape index (κ2) is 4.94. The van der Waals surface area contributed by atoms with Crippen molar-refractivity contribution in [3.63, 3.8) is 0 Å². The third kappa shape index (κ3) is 2.22. The molecule has 1 heterocycles. The Kier molecular flexibility index (Phi) is 3.35. The van der Waals surface area contributed by atoms with E-state index in [4.69, 9.17) is 27.3 Å². The van der Waals surface area contributed by atoms with Crippen LogP contribution in [0.4, 0.5) is 5.69 Å². The maximum Gasteiger partial charge on any atom is 0.239 e. The summed E-state index contributed by atoms with van der Waals surface area (Å²) in [5.74, 6) is 0.646. The molecule has 18 heavy (non-hydrogen) atoms. The number of ether oxygens (including phenoxy) is 1. The van der Waals surface area contributed by atoms with E-state index in [-0.39, 0.29) is 10.9 Å². The van der Waals surface area contributed by atoms with Crippen LogP contribution >= 0.6 is 11.6 Å². The fourth-order valence-corrected chi connectivity index (χ4v) is 1.62. The summed E-state index contributed by atoms with van der Waals surface area (Å²) >= 11 is 6.00. The van der Waals surface area contributed by atoms with Crippen LogP contribution in [0.25, 0.3) is 0 Å². The number of nitrogens with two attached hydrogens (primary N) is 1. The topological polar surface area (TPSA) is 71.9 Å². The van der Waals surface area contributed by atoms with Crippen molar-refractivity contribution in [1.82, 2.24) is 4.98 Å². The predicted octanol–water partition coefficient (Wildman–Crippen LogP) is 3.29. The minimum absolute atomic E-state index is 0.174. The fraction of sp³-hybridized carbons (Fsp3) is 0.0769. The second-order valence-electron chi connectivity index (χ2n) is 3.68. The number of benzene rings is 1. The van der Waals surface area contributed by atoms with Gasteiger partial charge >= 0.3 is 0 Å². The van der Waals surface area contributed by atoms with Gasteiger partial charge < -0.3 is 10.5 Å². The standard InChI is InChI=1S/C13H10ClN3O/c1-8-3-2-4-10(12(8)16)18-13-11(14)9(7-15)5-6-17-13/h2-6H,16H2,1H3. The first kappa shape index (κ1) is 12.2. The molecule has 0 amide bonds. The van der Waals surface area contributed by atoms with Gasteiger partial charge in [0.1, 0.15) is 11.1 Å². The van der Waals surface area contributed by atoms with Crippen molar-refractivity contribution in [1.29, 1.82) is 5.26 Å². The Bertz CT molecular complexity index is 635. The molecule has 0 aliphatic rings. The summed E-state index contributed by atoms with van der Waals surface area (Å²) in [6, 6.07) is 8.91. The van der Waals surface area contributed by atoms with Gasteiger partial charge in [0.2, 0.25) is 5.88 Å². The molecular formula is C13H10ClN3O. The molecule has 1 aromatic carbocycles. The highest BCUT2D eigenvalue weighted by Crippen LogP contribution is 2.33. The lowest BCUT2D eigenvalue weighted by atomic mass is 10.2. The molecule has 2 N–H and O–H groups in total. The lowest BCUT2D eigenvalue weighted by Gasteiger charge is -2.10. The van der Waals surface area contributed by atoms with Crippen LogP contribution in [0.3, 0.4) is 0 Å². The van der Waals surface area contributed by atoms with Crippen LogP contribution in [0, 0.1) is 18.3 Å². The molecule has 1 aromatic heterocycles. The number of halogens is 1. The van der Waals surface area contributed by atoms with E-state index in [0.717, 1.165) is 5.56 Å². The van der Waals surface area contributed by atoms with E-state index in [2.05, 4.69) is 4.98 Å². The van der Waals surface area contributed by atoms with Gasteiger partial charge in [0, 0.05) is 6.20 Å². The predicted molar refractivity (Wildman–Crippen MR) is 69.6 cm³/mol. The van der Waals surface area contributed by atoms with Crippen LogP contribution in [0.5, 0.6) is 11.6 Å². The number of aryl methyl sites for hydroxylation is 1. The number of pyridine rings is 1. The Morgan fingerprint density at radius 3 is 2.89 bits per heavy atom. The Morgan fingerprint density at radius 1 is 1.39 bits per heavy atom. The van der Waals surface area contributed by atoms with Gasteiger partial charge in [0.25, 0.3) is 0 Å². The van der Waals surface area contributed by atoms with Crippen LogP contribution < -0.4 is 10.5 Å². The van der Waals surface area contributed by atoms with Crippen LogP contribution in [0.1, 0.15) is 11.1 Å². The Morgan fingerprint density at radius 2 is 2.17 bits per heavy atom. The number of rotatable bonds is 2. The van der Waals surface area contributed by atoms with Crippen LogP contribution in [-0.2, 0) is 0 Å². The Hall–Kier alpha value is -2.25. The molecule has 0 radical (unpaired) electrons. The average molecular weight is 260 g/mol. The maximum absolute atomic E-state index is 8.87. The third-order valence-electron chi connectivity index (χ3n) is 2.47. The van der Waals surface area contributed by atoms with Gasteiger partial charge in [-0.05, 0) is 24.6 Å². The largest absolute Gasteiger partial charge is 0.435 e. The van der Waals surface area contributed by atoms with Crippen molar-refractivity contribution >= 4 is 17.3 Å². The number of nitrogens with zero attached hydrogens (tertiary/aromatic N) is 2. The quantitative estimate of drug-likeness (QED) is 0.840. The van der Waals surface area contributed by atoms with Gasteiger partial charge in [0.15, 0.2) is 5.75 Å². The number of anilines is 1. The first-order valence-corrected chi connectivity index (χ1v) is 5.59. The zero-order valence-corrected chi connectivity index (χ0v) is 10.4. The Balaban J connectivity index is 2.41. The van der Waals surface area contributed by atoms with Crippen molar-refractivity contribution in [3.05, 3.63) is 46.6 Å². The number of para-hydroxylation sites is 1. The zero-order valence-electron chi connectivity index (χ0n) is 9.64. The van der Waals surface area contributed by atoms with Gasteiger partial charge in [0.05, 0.1) is 11.3 Å². The maximum atomic E-state index is 8.87. The molecule has 0 aliphatic heterocycles. The lowest BCUT2D eigenvalue weighted by Crippen LogP contribution is -1.96. The second-order valence-corrected chi connectivity index (χ2v) is 4.06. The Labute approximate surface area is 110 Å². The molecule has 4 nitrogen and oxygen atoms in total. The molecule has 0 saturated heterocycles. The summed E-state index contributed by atoms with van der Waals surface area (Å²) in [4.78, 5) is 3.99. The van der Waals surface area contributed by atoms with Gasteiger partial charge in [-0.3, -0.25) is 0 Å². The summed E-state index contributed by atoms with van der Waals surface area (Å²) in [5.41, 5.74) is 7.63. The highest BCUT2D eigenvalue weighted by molar-refractivity contribution is 6.33. The highest BCUT2D eigenvalue weighted by atomic mass is 35.5. The van der Waals surface area contributed by atoms with Crippen LogP contribution in [0.15, 0.2) is 30.5 Å². The van der Waals surface area contributed by atoms with E-state index in [1.165, 1.54) is 12.3 Å². The molecule has 0 aliphatic carbocycles. The van der Waals surface area contributed by atoms with E-state index in [0.29, 0.717) is 17.0 Å². The highest BCUT2D eigenvalue weighted by Gasteiger charge is 2.11. The van der Waals surface area contributed by atoms with E-state index in [9.17, 15) is 0 Å². The number of nitrogen functional groups attached to an aromatic ring is 1. The molecule has 0 saturated carbocycles. The van der Waals surface area contributed by atoms with E-state index in [1.54, 1.807) is 6.07 Å². The third-order valence-corrected chi connectivity index (χ3v) is 2.83.